The molecule has 0 aromatic carbocycles. The minimum Gasteiger partial charge on any atom is -0.389 e. The molecule has 0 aliphatic heterocycles. The van der Waals surface area contributed by atoms with Crippen LogP contribution in [-0.4, -0.2) is 37.5 Å². The summed E-state index contributed by atoms with van der Waals surface area (Å²) in [6, 6.07) is 0. The second kappa shape index (κ2) is 13.3. The van der Waals surface area contributed by atoms with Gasteiger partial charge in [-0.3, -0.25) is 0 Å². The van der Waals surface area contributed by atoms with E-state index in [1.807, 2.05) is 0 Å². The number of ether oxygens (including phenoxy) is 1. The zero-order valence-corrected chi connectivity index (χ0v) is 13.9. The monoisotopic (exact) mass is 297 g/mol. The second-order valence-corrected chi connectivity index (χ2v) is 6.21. The van der Waals surface area contributed by atoms with Crippen LogP contribution >= 0.6 is 0 Å². The van der Waals surface area contributed by atoms with E-state index < -0.39 is 0 Å². The Morgan fingerprint density at radius 2 is 2.05 bits per heavy atom. The summed E-state index contributed by atoms with van der Waals surface area (Å²) in [4.78, 5) is 0. The minimum atomic E-state index is -0.373. The van der Waals surface area contributed by atoms with E-state index in [9.17, 15) is 5.11 Å². The molecule has 1 aliphatic rings. The highest BCUT2D eigenvalue weighted by Gasteiger charge is 2.06. The van der Waals surface area contributed by atoms with Gasteiger partial charge < -0.3 is 15.2 Å². The molecule has 0 saturated heterocycles. The van der Waals surface area contributed by atoms with Crippen LogP contribution in [0.1, 0.15) is 71.1 Å². The SMILES string of the molecule is CCCCCCCCOCC(O)CNCCC1=CCCC1. The van der Waals surface area contributed by atoms with Gasteiger partial charge in [0.15, 0.2) is 0 Å². The Kier molecular flexibility index (Phi) is 11.8. The standard InChI is InChI=1S/C18H35NO2/c1-2-3-4-5-6-9-14-21-16-18(20)15-19-13-12-17-10-7-8-11-17/h10,18-20H,2-9,11-16H2,1H3. The van der Waals surface area contributed by atoms with E-state index in [2.05, 4.69) is 18.3 Å². The van der Waals surface area contributed by atoms with Crippen molar-refractivity contribution in [3.8, 4) is 0 Å². The normalized spacial score (nSPS) is 16.2. The fraction of sp³-hybridized carbons (Fsp3) is 0.889. The average molecular weight is 297 g/mol. The van der Waals surface area contributed by atoms with Crippen LogP contribution in [0.25, 0.3) is 0 Å². The van der Waals surface area contributed by atoms with Crippen LogP contribution in [-0.2, 0) is 4.74 Å². The molecule has 124 valence electrons. The molecule has 21 heavy (non-hydrogen) atoms. The van der Waals surface area contributed by atoms with E-state index >= 15 is 0 Å². The molecule has 0 fully saturated rings. The van der Waals surface area contributed by atoms with Gasteiger partial charge in [-0.05, 0) is 38.6 Å². The van der Waals surface area contributed by atoms with Crippen LogP contribution in [0.3, 0.4) is 0 Å². The van der Waals surface area contributed by atoms with Crippen LogP contribution in [0.2, 0.25) is 0 Å². The summed E-state index contributed by atoms with van der Waals surface area (Å²) < 4.78 is 5.53. The van der Waals surface area contributed by atoms with Gasteiger partial charge in [-0.25, -0.2) is 0 Å². The number of nitrogens with one attached hydrogen (secondary N) is 1. The van der Waals surface area contributed by atoms with Crippen molar-refractivity contribution in [1.82, 2.24) is 5.32 Å². The van der Waals surface area contributed by atoms with Crippen molar-refractivity contribution in [2.75, 3.05) is 26.3 Å². The Labute approximate surface area is 131 Å². The zero-order chi connectivity index (χ0) is 15.2. The molecule has 0 amide bonds. The lowest BCUT2D eigenvalue weighted by Crippen LogP contribution is -2.31. The fourth-order valence-corrected chi connectivity index (χ4v) is 2.74. The average Bonchev–Trinajstić information content (AvgIpc) is 3.00. The summed E-state index contributed by atoms with van der Waals surface area (Å²) >= 11 is 0. The third-order valence-electron chi connectivity index (χ3n) is 4.09. The summed E-state index contributed by atoms with van der Waals surface area (Å²) in [7, 11) is 0. The smallest absolute Gasteiger partial charge is 0.0897 e. The molecule has 1 atom stereocenters. The maximum atomic E-state index is 9.81. The zero-order valence-electron chi connectivity index (χ0n) is 13.9. The molecule has 0 aromatic heterocycles. The first-order valence-corrected chi connectivity index (χ1v) is 8.97. The molecule has 1 aliphatic carbocycles. The highest BCUT2D eigenvalue weighted by Crippen LogP contribution is 2.19. The third kappa shape index (κ3) is 10.9. The van der Waals surface area contributed by atoms with Gasteiger partial charge in [0.05, 0.1) is 12.7 Å². The number of allylic oxidation sites excluding steroid dienone is 1. The van der Waals surface area contributed by atoms with Crippen molar-refractivity contribution in [2.24, 2.45) is 0 Å². The summed E-state index contributed by atoms with van der Waals surface area (Å²) in [5, 5.41) is 13.1. The summed E-state index contributed by atoms with van der Waals surface area (Å²) in [6.45, 7) is 5.11. The topological polar surface area (TPSA) is 41.5 Å². The molecule has 1 unspecified atom stereocenters. The maximum absolute atomic E-state index is 9.81. The molecular formula is C18H35NO2. The lowest BCUT2D eigenvalue weighted by molar-refractivity contribution is 0.0356. The molecule has 0 spiro atoms. The molecule has 3 heteroatoms. The number of aliphatic hydroxyl groups excluding tert-OH is 1. The van der Waals surface area contributed by atoms with Crippen molar-refractivity contribution < 1.29 is 9.84 Å². The van der Waals surface area contributed by atoms with E-state index in [1.54, 1.807) is 5.57 Å². The van der Waals surface area contributed by atoms with Crippen LogP contribution in [0, 0.1) is 0 Å². The molecule has 0 heterocycles. The number of aliphatic hydroxyl groups is 1. The molecule has 2 N–H and O–H groups in total. The predicted octanol–water partition coefficient (Wildman–Crippen LogP) is 3.81. The van der Waals surface area contributed by atoms with Crippen molar-refractivity contribution in [1.29, 1.82) is 0 Å². The largest absolute Gasteiger partial charge is 0.389 e. The maximum Gasteiger partial charge on any atom is 0.0897 e. The van der Waals surface area contributed by atoms with Gasteiger partial charge in [0.1, 0.15) is 0 Å². The van der Waals surface area contributed by atoms with Crippen molar-refractivity contribution in [2.45, 2.75) is 77.2 Å². The molecule has 3 nitrogen and oxygen atoms in total. The Hall–Kier alpha value is -0.380. The van der Waals surface area contributed by atoms with Crippen molar-refractivity contribution >= 4 is 0 Å². The highest BCUT2D eigenvalue weighted by molar-refractivity contribution is 5.07. The molecule has 1 rings (SSSR count). The quantitative estimate of drug-likeness (QED) is 0.378. The first-order chi connectivity index (χ1) is 10.3. The van der Waals surface area contributed by atoms with Crippen molar-refractivity contribution in [3.63, 3.8) is 0 Å². The van der Waals surface area contributed by atoms with Crippen LogP contribution < -0.4 is 5.32 Å². The van der Waals surface area contributed by atoms with Gasteiger partial charge in [-0.15, -0.1) is 0 Å². The van der Waals surface area contributed by atoms with E-state index in [0.717, 1.165) is 26.0 Å². The van der Waals surface area contributed by atoms with Crippen molar-refractivity contribution in [3.05, 3.63) is 11.6 Å². The number of hydrogen-bond donors (Lipinski definition) is 2. The summed E-state index contributed by atoms with van der Waals surface area (Å²) in [5.41, 5.74) is 1.58. The van der Waals surface area contributed by atoms with Gasteiger partial charge in [0.25, 0.3) is 0 Å². The number of unbranched alkanes of at least 4 members (excludes halogenated alkanes) is 5. The third-order valence-corrected chi connectivity index (χ3v) is 4.09. The van der Waals surface area contributed by atoms with Gasteiger partial charge in [-0.1, -0.05) is 50.7 Å². The van der Waals surface area contributed by atoms with Crippen LogP contribution in [0.5, 0.6) is 0 Å². The Morgan fingerprint density at radius 1 is 1.24 bits per heavy atom. The van der Waals surface area contributed by atoms with E-state index in [0.29, 0.717) is 13.2 Å². The lowest BCUT2D eigenvalue weighted by Gasteiger charge is -2.12. The van der Waals surface area contributed by atoms with Gasteiger partial charge in [-0.2, -0.15) is 0 Å². The lowest BCUT2D eigenvalue weighted by atomic mass is 10.1. The number of hydrogen-bond acceptors (Lipinski definition) is 3. The number of rotatable bonds is 14. The molecule has 0 radical (unpaired) electrons. The molecular weight excluding hydrogens is 262 g/mol. The summed E-state index contributed by atoms with van der Waals surface area (Å²) in [5.74, 6) is 0. The first kappa shape index (κ1) is 18.7. The minimum absolute atomic E-state index is 0.373. The molecule has 0 aromatic rings. The van der Waals surface area contributed by atoms with Gasteiger partial charge >= 0.3 is 0 Å². The highest BCUT2D eigenvalue weighted by atomic mass is 16.5. The second-order valence-electron chi connectivity index (χ2n) is 6.21. The fourth-order valence-electron chi connectivity index (χ4n) is 2.74. The Bertz CT molecular complexity index is 266. The summed E-state index contributed by atoms with van der Waals surface area (Å²) in [6.07, 6.45) is 14.7. The predicted molar refractivity (Wildman–Crippen MR) is 89.6 cm³/mol. The Balaban J connectivity index is 1.79. The van der Waals surface area contributed by atoms with E-state index in [4.69, 9.17) is 4.74 Å². The molecule has 0 saturated carbocycles. The first-order valence-electron chi connectivity index (χ1n) is 8.97. The van der Waals surface area contributed by atoms with Gasteiger partial charge in [0.2, 0.25) is 0 Å². The molecule has 0 bridgehead atoms. The van der Waals surface area contributed by atoms with E-state index in [-0.39, 0.29) is 6.10 Å². The van der Waals surface area contributed by atoms with Crippen LogP contribution in [0.4, 0.5) is 0 Å². The Morgan fingerprint density at radius 3 is 2.81 bits per heavy atom. The van der Waals surface area contributed by atoms with Crippen LogP contribution in [0.15, 0.2) is 11.6 Å². The van der Waals surface area contributed by atoms with Gasteiger partial charge in [0, 0.05) is 13.2 Å². The van der Waals surface area contributed by atoms with E-state index in [1.165, 1.54) is 51.4 Å².